The Morgan fingerprint density at radius 2 is 1.95 bits per heavy atom. The molecule has 6 nitrogen and oxygen atoms in total. The maximum Gasteiger partial charge on any atom is 0.317 e. The Morgan fingerprint density at radius 3 is 2.50 bits per heavy atom. The highest BCUT2D eigenvalue weighted by Gasteiger charge is 2.13. The van der Waals surface area contributed by atoms with Crippen molar-refractivity contribution < 1.29 is 23.8 Å². The molecule has 0 aliphatic heterocycles. The van der Waals surface area contributed by atoms with Gasteiger partial charge in [-0.05, 0) is 24.3 Å². The molecule has 0 spiro atoms. The summed E-state index contributed by atoms with van der Waals surface area (Å²) >= 11 is 0. The Morgan fingerprint density at radius 1 is 1.30 bits per heavy atom. The SMILES string of the molecule is COCCN(CC(=O)O)CC(=O)Nc1ccc(F)cc1. The first-order valence-electron chi connectivity index (χ1n) is 5.99. The highest BCUT2D eigenvalue weighted by atomic mass is 19.1. The Balaban J connectivity index is 2.51. The van der Waals surface area contributed by atoms with Crippen LogP contribution < -0.4 is 5.32 Å². The molecule has 0 heterocycles. The van der Waals surface area contributed by atoms with E-state index in [0.29, 0.717) is 18.8 Å². The Bertz CT molecular complexity index is 450. The largest absolute Gasteiger partial charge is 0.480 e. The second kappa shape index (κ2) is 8.23. The van der Waals surface area contributed by atoms with Gasteiger partial charge in [0.15, 0.2) is 0 Å². The van der Waals surface area contributed by atoms with Crippen LogP contribution in [-0.4, -0.2) is 55.2 Å². The Hall–Kier alpha value is -1.99. The number of halogens is 1. The summed E-state index contributed by atoms with van der Waals surface area (Å²) in [6.07, 6.45) is 0. The van der Waals surface area contributed by atoms with Crippen LogP contribution in [0.2, 0.25) is 0 Å². The second-order valence-corrected chi connectivity index (χ2v) is 4.15. The summed E-state index contributed by atoms with van der Waals surface area (Å²) in [5.41, 5.74) is 0.457. The fourth-order valence-corrected chi connectivity index (χ4v) is 1.56. The van der Waals surface area contributed by atoms with Crippen LogP contribution in [0.25, 0.3) is 0 Å². The van der Waals surface area contributed by atoms with Gasteiger partial charge in [-0.1, -0.05) is 0 Å². The molecule has 0 radical (unpaired) electrons. The first-order chi connectivity index (χ1) is 9.51. The van der Waals surface area contributed by atoms with Gasteiger partial charge in [0.25, 0.3) is 0 Å². The Kier molecular flexibility index (Phi) is 6.61. The molecule has 0 aliphatic rings. The third-order valence-corrected chi connectivity index (χ3v) is 2.47. The first-order valence-corrected chi connectivity index (χ1v) is 5.99. The molecule has 0 saturated heterocycles. The zero-order valence-electron chi connectivity index (χ0n) is 11.1. The fourth-order valence-electron chi connectivity index (χ4n) is 1.56. The summed E-state index contributed by atoms with van der Waals surface area (Å²) in [4.78, 5) is 23.9. The van der Waals surface area contributed by atoms with Crippen LogP contribution in [0.1, 0.15) is 0 Å². The highest BCUT2D eigenvalue weighted by molar-refractivity contribution is 5.92. The van der Waals surface area contributed by atoms with Crippen LogP contribution >= 0.6 is 0 Å². The van der Waals surface area contributed by atoms with Crippen LogP contribution in [-0.2, 0) is 14.3 Å². The van der Waals surface area contributed by atoms with Gasteiger partial charge in [-0.25, -0.2) is 4.39 Å². The highest BCUT2D eigenvalue weighted by Crippen LogP contribution is 2.08. The maximum atomic E-state index is 12.7. The molecule has 7 heteroatoms. The summed E-state index contributed by atoms with van der Waals surface area (Å²) in [6, 6.07) is 5.33. The number of rotatable bonds is 8. The van der Waals surface area contributed by atoms with Crippen molar-refractivity contribution in [2.75, 3.05) is 38.7 Å². The average Bonchev–Trinajstić information content (AvgIpc) is 2.38. The smallest absolute Gasteiger partial charge is 0.317 e. The summed E-state index contributed by atoms with van der Waals surface area (Å²) in [7, 11) is 1.50. The number of carbonyl (C=O) groups is 2. The van der Waals surface area contributed by atoms with E-state index < -0.39 is 11.8 Å². The van der Waals surface area contributed by atoms with Crippen LogP contribution in [0.3, 0.4) is 0 Å². The van der Waals surface area contributed by atoms with Crippen molar-refractivity contribution in [3.05, 3.63) is 30.1 Å². The number of aliphatic carboxylic acids is 1. The van der Waals surface area contributed by atoms with E-state index in [-0.39, 0.29) is 19.0 Å². The first kappa shape index (κ1) is 16.1. The summed E-state index contributed by atoms with van der Waals surface area (Å²) in [5.74, 6) is -1.78. The molecular formula is C13H17FN2O4. The number of carboxylic acids is 1. The van der Waals surface area contributed by atoms with Crippen molar-refractivity contribution in [2.45, 2.75) is 0 Å². The van der Waals surface area contributed by atoms with E-state index in [4.69, 9.17) is 9.84 Å². The third kappa shape index (κ3) is 6.26. The molecule has 1 aromatic carbocycles. The number of carbonyl (C=O) groups excluding carboxylic acids is 1. The van der Waals surface area contributed by atoms with Crippen LogP contribution in [0.5, 0.6) is 0 Å². The average molecular weight is 284 g/mol. The minimum atomic E-state index is -1.02. The molecule has 0 saturated carbocycles. The second-order valence-electron chi connectivity index (χ2n) is 4.15. The lowest BCUT2D eigenvalue weighted by molar-refractivity contribution is -0.138. The zero-order chi connectivity index (χ0) is 15.0. The van der Waals surface area contributed by atoms with Crippen LogP contribution in [0.15, 0.2) is 24.3 Å². The van der Waals surface area contributed by atoms with Crippen molar-refractivity contribution in [1.82, 2.24) is 4.90 Å². The molecule has 1 rings (SSSR count). The van der Waals surface area contributed by atoms with E-state index in [1.54, 1.807) is 0 Å². The van der Waals surface area contributed by atoms with Gasteiger partial charge in [0.1, 0.15) is 5.82 Å². The third-order valence-electron chi connectivity index (χ3n) is 2.47. The number of carboxylic acid groups (broad SMARTS) is 1. The molecule has 0 aliphatic carbocycles. The van der Waals surface area contributed by atoms with Crippen molar-refractivity contribution >= 4 is 17.6 Å². The van der Waals surface area contributed by atoms with Crippen molar-refractivity contribution in [2.24, 2.45) is 0 Å². The standard InChI is InChI=1S/C13H17FN2O4/c1-20-7-6-16(9-13(18)19)8-12(17)15-11-4-2-10(14)3-5-11/h2-5H,6-9H2,1H3,(H,15,17)(H,18,19). The number of nitrogens with zero attached hydrogens (tertiary/aromatic N) is 1. The molecule has 0 atom stereocenters. The van der Waals surface area contributed by atoms with Crippen molar-refractivity contribution in [1.29, 1.82) is 0 Å². The number of amides is 1. The van der Waals surface area contributed by atoms with Gasteiger partial charge in [-0.15, -0.1) is 0 Å². The number of ether oxygens (including phenoxy) is 1. The molecule has 2 N–H and O–H groups in total. The van der Waals surface area contributed by atoms with E-state index in [1.165, 1.54) is 36.3 Å². The molecule has 0 bridgehead atoms. The lowest BCUT2D eigenvalue weighted by Gasteiger charge is -2.19. The van der Waals surface area contributed by atoms with Gasteiger partial charge in [0, 0.05) is 19.3 Å². The van der Waals surface area contributed by atoms with Gasteiger partial charge in [-0.3, -0.25) is 14.5 Å². The predicted molar refractivity (Wildman–Crippen MR) is 71.0 cm³/mol. The molecule has 20 heavy (non-hydrogen) atoms. The topological polar surface area (TPSA) is 78.9 Å². The van der Waals surface area contributed by atoms with Gasteiger partial charge < -0.3 is 15.2 Å². The van der Waals surface area contributed by atoms with Gasteiger partial charge >= 0.3 is 5.97 Å². The Labute approximate surface area is 116 Å². The molecular weight excluding hydrogens is 267 g/mol. The summed E-state index contributed by atoms with van der Waals surface area (Å²) in [6.45, 7) is 0.337. The number of hydrogen-bond acceptors (Lipinski definition) is 4. The van der Waals surface area contributed by atoms with Gasteiger partial charge in [0.2, 0.25) is 5.91 Å². The normalized spacial score (nSPS) is 10.6. The molecule has 1 aromatic rings. The molecule has 0 unspecified atom stereocenters. The van der Waals surface area contributed by atoms with E-state index >= 15 is 0 Å². The van der Waals surface area contributed by atoms with E-state index in [0.717, 1.165) is 0 Å². The molecule has 1 amide bonds. The number of hydrogen-bond donors (Lipinski definition) is 2. The molecule has 0 aromatic heterocycles. The lowest BCUT2D eigenvalue weighted by atomic mass is 10.3. The summed E-state index contributed by atoms with van der Waals surface area (Å²) in [5, 5.41) is 11.3. The van der Waals surface area contributed by atoms with Gasteiger partial charge in [0.05, 0.1) is 19.7 Å². The van der Waals surface area contributed by atoms with E-state index in [2.05, 4.69) is 5.32 Å². The quantitative estimate of drug-likeness (QED) is 0.738. The lowest BCUT2D eigenvalue weighted by Crippen LogP contribution is -2.38. The monoisotopic (exact) mass is 284 g/mol. The maximum absolute atomic E-state index is 12.7. The van der Waals surface area contributed by atoms with Crippen LogP contribution in [0.4, 0.5) is 10.1 Å². The number of anilines is 1. The number of methoxy groups -OCH3 is 1. The van der Waals surface area contributed by atoms with Gasteiger partial charge in [-0.2, -0.15) is 0 Å². The molecule has 0 fully saturated rings. The zero-order valence-corrected chi connectivity index (χ0v) is 11.1. The molecule has 110 valence electrons. The van der Waals surface area contributed by atoms with E-state index in [1.807, 2.05) is 0 Å². The van der Waals surface area contributed by atoms with Crippen molar-refractivity contribution in [3.63, 3.8) is 0 Å². The number of benzene rings is 1. The minimum absolute atomic E-state index is 0.0764. The minimum Gasteiger partial charge on any atom is -0.480 e. The van der Waals surface area contributed by atoms with E-state index in [9.17, 15) is 14.0 Å². The van der Waals surface area contributed by atoms with Crippen LogP contribution in [0, 0.1) is 5.82 Å². The number of nitrogens with one attached hydrogen (secondary N) is 1. The predicted octanol–water partition coefficient (Wildman–Crippen LogP) is 0.797. The summed E-state index contributed by atoms with van der Waals surface area (Å²) < 4.78 is 17.6. The fraction of sp³-hybridized carbons (Fsp3) is 0.385. The van der Waals surface area contributed by atoms with Crippen molar-refractivity contribution in [3.8, 4) is 0 Å².